The lowest BCUT2D eigenvalue weighted by Gasteiger charge is -2.46. The van der Waals surface area contributed by atoms with Gasteiger partial charge in [-0.2, -0.15) is 0 Å². The molecule has 0 aromatic heterocycles. The van der Waals surface area contributed by atoms with E-state index in [1.165, 1.54) is 19.3 Å². The Hall–Kier alpha value is -0.610. The molecule has 2 unspecified atom stereocenters. The zero-order chi connectivity index (χ0) is 21.6. The summed E-state index contributed by atoms with van der Waals surface area (Å²) in [7, 11) is 0. The molecule has 1 fully saturated rings. The van der Waals surface area contributed by atoms with Gasteiger partial charge in [0.25, 0.3) is 0 Å². The van der Waals surface area contributed by atoms with E-state index in [1.807, 2.05) is 13.8 Å². The summed E-state index contributed by atoms with van der Waals surface area (Å²) in [4.78, 5) is 12.3. The van der Waals surface area contributed by atoms with E-state index in [4.69, 9.17) is 9.47 Å². The maximum absolute atomic E-state index is 12.3. The zero-order valence-electron chi connectivity index (χ0n) is 20.1. The van der Waals surface area contributed by atoms with Crippen molar-refractivity contribution in [1.82, 2.24) is 5.32 Å². The smallest absolute Gasteiger partial charge is 0.308 e. The van der Waals surface area contributed by atoms with Crippen molar-refractivity contribution in [2.75, 3.05) is 6.61 Å². The maximum Gasteiger partial charge on any atom is 0.308 e. The molecule has 1 heterocycles. The van der Waals surface area contributed by atoms with Gasteiger partial charge in [0.1, 0.15) is 5.60 Å². The summed E-state index contributed by atoms with van der Waals surface area (Å²) < 4.78 is 11.8. The largest absolute Gasteiger partial charge is 0.460 e. The Morgan fingerprint density at radius 2 is 1.68 bits per heavy atom. The van der Waals surface area contributed by atoms with E-state index in [0.29, 0.717) is 18.9 Å². The topological polar surface area (TPSA) is 47.6 Å². The Morgan fingerprint density at radius 3 is 2.21 bits per heavy atom. The van der Waals surface area contributed by atoms with Crippen LogP contribution in [0.4, 0.5) is 0 Å². The Kier molecular flexibility index (Phi) is 9.47. The molecule has 0 aromatic rings. The monoisotopic (exact) mass is 397 g/mol. The summed E-state index contributed by atoms with van der Waals surface area (Å²) >= 11 is 0. The highest BCUT2D eigenvalue weighted by atomic mass is 16.6. The Morgan fingerprint density at radius 1 is 1.11 bits per heavy atom. The molecule has 0 aromatic carbocycles. The van der Waals surface area contributed by atoms with Crippen LogP contribution in [0.5, 0.6) is 0 Å². The molecular formula is C24H47NO3. The molecule has 4 heteroatoms. The number of carbonyl (C=O) groups is 1. The first kappa shape index (κ1) is 25.4. The van der Waals surface area contributed by atoms with Crippen LogP contribution >= 0.6 is 0 Å². The number of hydrogen-bond donors (Lipinski definition) is 1. The van der Waals surface area contributed by atoms with Crippen LogP contribution in [0, 0.1) is 11.8 Å². The van der Waals surface area contributed by atoms with Gasteiger partial charge in [0.15, 0.2) is 0 Å². The molecule has 4 nitrogen and oxygen atoms in total. The van der Waals surface area contributed by atoms with E-state index >= 15 is 0 Å². The van der Waals surface area contributed by atoms with E-state index in [0.717, 1.165) is 25.2 Å². The number of rotatable bonds is 11. The predicted molar refractivity (Wildman–Crippen MR) is 118 cm³/mol. The second-order valence-corrected chi connectivity index (χ2v) is 11.2. The lowest BCUT2D eigenvalue weighted by Crippen LogP contribution is -2.59. The number of carbonyl (C=O) groups excluding carboxylic acids is 1. The fourth-order valence-electron chi connectivity index (χ4n) is 5.28. The summed E-state index contributed by atoms with van der Waals surface area (Å²) in [5.41, 5.74) is -0.304. The minimum Gasteiger partial charge on any atom is -0.460 e. The SMILES string of the molecule is CCCC(C)CC(C)CC(C)(C)OC(=O)CCOC1CC(C)(C)NC(C)(C)C1. The van der Waals surface area contributed by atoms with Crippen molar-refractivity contribution in [3.8, 4) is 0 Å². The normalized spacial score (nSPS) is 21.9. The Balaban J connectivity index is 2.36. The summed E-state index contributed by atoms with van der Waals surface area (Å²) in [6.07, 6.45) is 7.05. The van der Waals surface area contributed by atoms with Crippen molar-refractivity contribution >= 4 is 5.97 Å². The highest BCUT2D eigenvalue weighted by Crippen LogP contribution is 2.31. The molecule has 0 spiro atoms. The minimum absolute atomic E-state index is 0.0555. The second-order valence-electron chi connectivity index (χ2n) is 11.2. The fraction of sp³-hybridized carbons (Fsp3) is 0.958. The average molecular weight is 398 g/mol. The van der Waals surface area contributed by atoms with Crippen molar-refractivity contribution in [3.05, 3.63) is 0 Å². The molecule has 0 saturated carbocycles. The number of esters is 1. The number of piperidine rings is 1. The fourth-order valence-corrected chi connectivity index (χ4v) is 5.28. The van der Waals surface area contributed by atoms with E-state index in [-0.39, 0.29) is 23.2 Å². The molecule has 1 saturated heterocycles. The molecule has 166 valence electrons. The van der Waals surface area contributed by atoms with Gasteiger partial charge in [-0.1, -0.05) is 33.6 Å². The third-order valence-corrected chi connectivity index (χ3v) is 5.63. The molecule has 0 amide bonds. The molecule has 0 radical (unpaired) electrons. The Labute approximate surface area is 174 Å². The number of nitrogens with one attached hydrogen (secondary N) is 1. The van der Waals surface area contributed by atoms with E-state index in [9.17, 15) is 4.79 Å². The lowest BCUT2D eigenvalue weighted by atomic mass is 9.81. The van der Waals surface area contributed by atoms with Crippen LogP contribution in [-0.2, 0) is 14.3 Å². The number of ether oxygens (including phenoxy) is 2. The van der Waals surface area contributed by atoms with Crippen LogP contribution in [0.3, 0.4) is 0 Å². The first-order chi connectivity index (χ1) is 12.7. The molecule has 1 aliphatic heterocycles. The van der Waals surface area contributed by atoms with Crippen LogP contribution in [-0.4, -0.2) is 35.4 Å². The number of hydrogen-bond acceptors (Lipinski definition) is 4. The minimum atomic E-state index is -0.416. The summed E-state index contributed by atoms with van der Waals surface area (Å²) in [5.74, 6) is 1.14. The van der Waals surface area contributed by atoms with Gasteiger partial charge < -0.3 is 14.8 Å². The molecule has 0 aliphatic carbocycles. The first-order valence-electron chi connectivity index (χ1n) is 11.4. The highest BCUT2D eigenvalue weighted by Gasteiger charge is 2.38. The third kappa shape index (κ3) is 10.2. The van der Waals surface area contributed by atoms with Gasteiger partial charge in [-0.3, -0.25) is 4.79 Å². The van der Waals surface area contributed by atoms with Crippen LogP contribution in [0.2, 0.25) is 0 Å². The van der Waals surface area contributed by atoms with E-state index in [1.54, 1.807) is 0 Å². The zero-order valence-corrected chi connectivity index (χ0v) is 20.1. The highest BCUT2D eigenvalue weighted by molar-refractivity contribution is 5.69. The standard InChI is InChI=1S/C24H47NO3/c1-10-11-18(2)14-19(3)15-24(8,9)28-21(26)12-13-27-20-16-22(4,5)25-23(6,7)17-20/h18-20,25H,10-17H2,1-9H3. The van der Waals surface area contributed by atoms with Gasteiger partial charge in [-0.15, -0.1) is 0 Å². The molecule has 1 rings (SSSR count). The third-order valence-electron chi connectivity index (χ3n) is 5.63. The van der Waals surface area contributed by atoms with Gasteiger partial charge in [0, 0.05) is 11.1 Å². The molecule has 28 heavy (non-hydrogen) atoms. The van der Waals surface area contributed by atoms with Crippen molar-refractivity contribution in [2.24, 2.45) is 11.8 Å². The van der Waals surface area contributed by atoms with Gasteiger partial charge in [-0.25, -0.2) is 0 Å². The van der Waals surface area contributed by atoms with Crippen molar-refractivity contribution < 1.29 is 14.3 Å². The van der Waals surface area contributed by atoms with Crippen molar-refractivity contribution in [1.29, 1.82) is 0 Å². The molecular weight excluding hydrogens is 350 g/mol. The predicted octanol–water partition coefficient (Wildman–Crippen LogP) is 5.88. The average Bonchev–Trinajstić information content (AvgIpc) is 2.41. The van der Waals surface area contributed by atoms with Gasteiger partial charge in [0.2, 0.25) is 0 Å². The van der Waals surface area contributed by atoms with E-state index < -0.39 is 5.60 Å². The van der Waals surface area contributed by atoms with Gasteiger partial charge >= 0.3 is 5.97 Å². The van der Waals surface area contributed by atoms with Crippen LogP contribution in [0.25, 0.3) is 0 Å². The van der Waals surface area contributed by atoms with Crippen LogP contribution < -0.4 is 5.32 Å². The van der Waals surface area contributed by atoms with Crippen molar-refractivity contribution in [3.63, 3.8) is 0 Å². The summed E-state index contributed by atoms with van der Waals surface area (Å²) in [6, 6.07) is 0. The van der Waals surface area contributed by atoms with Gasteiger partial charge in [-0.05, 0) is 79.1 Å². The summed E-state index contributed by atoms with van der Waals surface area (Å²) in [5, 5.41) is 3.66. The summed E-state index contributed by atoms with van der Waals surface area (Å²) in [6.45, 7) is 20.2. The second kappa shape index (κ2) is 10.4. The molecule has 2 atom stereocenters. The molecule has 1 aliphatic rings. The van der Waals surface area contributed by atoms with Crippen molar-refractivity contribution in [2.45, 2.75) is 130 Å². The maximum atomic E-state index is 12.3. The molecule has 1 N–H and O–H groups in total. The van der Waals surface area contributed by atoms with E-state index in [2.05, 4.69) is 53.8 Å². The van der Waals surface area contributed by atoms with Gasteiger partial charge in [0.05, 0.1) is 19.1 Å². The molecule has 0 bridgehead atoms. The Bertz CT molecular complexity index is 468. The van der Waals surface area contributed by atoms with Crippen LogP contribution in [0.15, 0.2) is 0 Å². The quantitative estimate of drug-likeness (QED) is 0.442. The van der Waals surface area contributed by atoms with Crippen LogP contribution in [0.1, 0.15) is 107 Å². The lowest BCUT2D eigenvalue weighted by molar-refractivity contribution is -0.160. The first-order valence-corrected chi connectivity index (χ1v) is 11.4.